The van der Waals surface area contributed by atoms with E-state index in [4.69, 9.17) is 5.11 Å². The Balaban J connectivity index is 4.23. The predicted octanol–water partition coefficient (Wildman–Crippen LogP) is 1.16. The van der Waals surface area contributed by atoms with E-state index < -0.39 is 12.2 Å². The van der Waals surface area contributed by atoms with Crippen LogP contribution >= 0.6 is 0 Å². The minimum Gasteiger partial charge on any atom is -0.396 e. The summed E-state index contributed by atoms with van der Waals surface area (Å²) in [5, 5.41) is 28.5. The van der Waals surface area contributed by atoms with Gasteiger partial charge in [-0.05, 0) is 18.8 Å². The van der Waals surface area contributed by atoms with E-state index in [1.807, 2.05) is 20.8 Å². The molecular formula is C11H24O3. The summed E-state index contributed by atoms with van der Waals surface area (Å²) >= 11 is 0. The summed E-state index contributed by atoms with van der Waals surface area (Å²) in [6.07, 6.45) is 1.31. The highest BCUT2D eigenvalue weighted by Crippen LogP contribution is 2.23. The summed E-state index contributed by atoms with van der Waals surface area (Å²) in [4.78, 5) is 0. The normalized spacial score (nSPS) is 20.1. The Morgan fingerprint density at radius 3 is 2.00 bits per heavy atom. The van der Waals surface area contributed by atoms with Gasteiger partial charge in [0.25, 0.3) is 0 Å². The zero-order valence-corrected chi connectivity index (χ0v) is 9.48. The Hall–Kier alpha value is -0.120. The van der Waals surface area contributed by atoms with Gasteiger partial charge in [0.1, 0.15) is 0 Å². The van der Waals surface area contributed by atoms with Gasteiger partial charge in [-0.1, -0.05) is 27.2 Å². The molecule has 3 heteroatoms. The molecule has 0 aromatic carbocycles. The first-order valence-electron chi connectivity index (χ1n) is 5.55. The molecule has 0 aliphatic rings. The zero-order chi connectivity index (χ0) is 11.1. The van der Waals surface area contributed by atoms with Gasteiger partial charge in [-0.2, -0.15) is 0 Å². The zero-order valence-electron chi connectivity index (χ0n) is 9.48. The second-order valence-corrected chi connectivity index (χ2v) is 4.04. The Bertz CT molecular complexity index is 138. The van der Waals surface area contributed by atoms with E-state index in [-0.39, 0.29) is 18.4 Å². The fraction of sp³-hybridized carbons (Fsp3) is 1.00. The van der Waals surface area contributed by atoms with E-state index in [1.54, 1.807) is 0 Å². The van der Waals surface area contributed by atoms with E-state index in [9.17, 15) is 10.2 Å². The SMILES string of the molecule is CCCC(O)C(CO)C(C)C(O)CC. The highest BCUT2D eigenvalue weighted by atomic mass is 16.3. The number of aliphatic hydroxyl groups is 3. The number of hydrogen-bond donors (Lipinski definition) is 3. The van der Waals surface area contributed by atoms with Crippen LogP contribution in [-0.2, 0) is 0 Å². The lowest BCUT2D eigenvalue weighted by Gasteiger charge is -2.29. The Morgan fingerprint density at radius 2 is 1.64 bits per heavy atom. The molecule has 0 amide bonds. The molecular weight excluding hydrogens is 180 g/mol. The summed E-state index contributed by atoms with van der Waals surface area (Å²) in [7, 11) is 0. The van der Waals surface area contributed by atoms with Crippen LogP contribution < -0.4 is 0 Å². The maximum atomic E-state index is 9.75. The summed E-state index contributed by atoms with van der Waals surface area (Å²) in [5.41, 5.74) is 0. The molecule has 0 rings (SSSR count). The van der Waals surface area contributed by atoms with Crippen LogP contribution in [0.25, 0.3) is 0 Å². The van der Waals surface area contributed by atoms with Gasteiger partial charge in [0, 0.05) is 12.5 Å². The molecule has 0 saturated heterocycles. The fourth-order valence-electron chi connectivity index (χ4n) is 1.81. The predicted molar refractivity (Wildman–Crippen MR) is 57.0 cm³/mol. The third kappa shape index (κ3) is 3.95. The maximum Gasteiger partial charge on any atom is 0.0593 e. The van der Waals surface area contributed by atoms with Gasteiger partial charge in [0.2, 0.25) is 0 Å². The third-order valence-electron chi connectivity index (χ3n) is 2.99. The van der Waals surface area contributed by atoms with E-state index >= 15 is 0 Å². The van der Waals surface area contributed by atoms with Crippen molar-refractivity contribution in [3.63, 3.8) is 0 Å². The molecule has 0 heterocycles. The van der Waals surface area contributed by atoms with Gasteiger partial charge in [0.15, 0.2) is 0 Å². The van der Waals surface area contributed by atoms with Crippen LogP contribution in [0.3, 0.4) is 0 Å². The first-order valence-corrected chi connectivity index (χ1v) is 5.55. The lowest BCUT2D eigenvalue weighted by Crippen LogP contribution is -2.35. The molecule has 0 aromatic rings. The summed E-state index contributed by atoms with van der Waals surface area (Å²) in [5.74, 6) is -0.253. The van der Waals surface area contributed by atoms with Gasteiger partial charge in [0.05, 0.1) is 12.2 Å². The smallest absolute Gasteiger partial charge is 0.0593 e. The largest absolute Gasteiger partial charge is 0.396 e. The van der Waals surface area contributed by atoms with E-state index in [0.29, 0.717) is 12.8 Å². The molecule has 0 saturated carbocycles. The lowest BCUT2D eigenvalue weighted by molar-refractivity contribution is -0.0158. The van der Waals surface area contributed by atoms with Crippen LogP contribution in [-0.4, -0.2) is 34.1 Å². The number of aliphatic hydroxyl groups excluding tert-OH is 3. The minimum atomic E-state index is -0.499. The maximum absolute atomic E-state index is 9.75. The van der Waals surface area contributed by atoms with Gasteiger partial charge in [-0.15, -0.1) is 0 Å². The van der Waals surface area contributed by atoms with Crippen LogP contribution in [0.2, 0.25) is 0 Å². The monoisotopic (exact) mass is 204 g/mol. The average molecular weight is 204 g/mol. The van der Waals surface area contributed by atoms with Crippen molar-refractivity contribution < 1.29 is 15.3 Å². The van der Waals surface area contributed by atoms with Crippen LogP contribution in [0, 0.1) is 11.8 Å². The van der Waals surface area contributed by atoms with Crippen molar-refractivity contribution in [3.8, 4) is 0 Å². The van der Waals surface area contributed by atoms with Crippen LogP contribution in [0.5, 0.6) is 0 Å². The molecule has 4 unspecified atom stereocenters. The molecule has 86 valence electrons. The van der Waals surface area contributed by atoms with Crippen molar-refractivity contribution in [2.45, 2.75) is 52.2 Å². The van der Waals surface area contributed by atoms with E-state index in [2.05, 4.69) is 0 Å². The second-order valence-electron chi connectivity index (χ2n) is 4.04. The van der Waals surface area contributed by atoms with Crippen LogP contribution in [0.4, 0.5) is 0 Å². The highest BCUT2D eigenvalue weighted by molar-refractivity contribution is 4.77. The standard InChI is InChI=1S/C11H24O3/c1-4-6-11(14)9(7-12)8(3)10(13)5-2/h8-14H,4-7H2,1-3H3. The van der Waals surface area contributed by atoms with Crippen molar-refractivity contribution in [1.29, 1.82) is 0 Å². The van der Waals surface area contributed by atoms with Crippen molar-refractivity contribution >= 4 is 0 Å². The molecule has 0 fully saturated rings. The molecule has 3 N–H and O–H groups in total. The molecule has 3 nitrogen and oxygen atoms in total. The average Bonchev–Trinajstić information content (AvgIpc) is 2.18. The second kappa shape index (κ2) is 7.21. The third-order valence-corrected chi connectivity index (χ3v) is 2.99. The van der Waals surface area contributed by atoms with Gasteiger partial charge >= 0.3 is 0 Å². The fourth-order valence-corrected chi connectivity index (χ4v) is 1.81. The molecule has 14 heavy (non-hydrogen) atoms. The minimum absolute atomic E-state index is 0.0495. The molecule has 0 spiro atoms. The van der Waals surface area contributed by atoms with Crippen molar-refractivity contribution in [1.82, 2.24) is 0 Å². The van der Waals surface area contributed by atoms with Gasteiger partial charge in [-0.3, -0.25) is 0 Å². The van der Waals surface area contributed by atoms with Crippen molar-refractivity contribution in [2.75, 3.05) is 6.61 Å². The lowest BCUT2D eigenvalue weighted by atomic mass is 9.83. The summed E-state index contributed by atoms with van der Waals surface area (Å²) in [6, 6.07) is 0. The number of rotatable bonds is 7. The first kappa shape index (κ1) is 13.9. The van der Waals surface area contributed by atoms with Crippen LogP contribution in [0.1, 0.15) is 40.0 Å². The molecule has 0 aliphatic heterocycles. The van der Waals surface area contributed by atoms with E-state index in [1.165, 1.54) is 0 Å². The topological polar surface area (TPSA) is 60.7 Å². The van der Waals surface area contributed by atoms with E-state index in [0.717, 1.165) is 6.42 Å². The molecule has 0 radical (unpaired) electrons. The van der Waals surface area contributed by atoms with Crippen molar-refractivity contribution in [2.24, 2.45) is 11.8 Å². The molecule has 4 atom stereocenters. The molecule has 0 aliphatic carbocycles. The summed E-state index contributed by atoms with van der Waals surface area (Å²) < 4.78 is 0. The summed E-state index contributed by atoms with van der Waals surface area (Å²) in [6.45, 7) is 5.73. The Morgan fingerprint density at radius 1 is 1.07 bits per heavy atom. The molecule has 0 aromatic heterocycles. The first-order chi connectivity index (χ1) is 6.58. The van der Waals surface area contributed by atoms with Crippen LogP contribution in [0.15, 0.2) is 0 Å². The highest BCUT2D eigenvalue weighted by Gasteiger charge is 2.28. The quantitative estimate of drug-likeness (QED) is 0.583. The van der Waals surface area contributed by atoms with Crippen molar-refractivity contribution in [3.05, 3.63) is 0 Å². The Kier molecular flexibility index (Phi) is 7.15. The van der Waals surface area contributed by atoms with Gasteiger partial charge < -0.3 is 15.3 Å². The Labute approximate surface area is 86.8 Å². The molecule has 0 bridgehead atoms. The number of hydrogen-bond acceptors (Lipinski definition) is 3. The van der Waals surface area contributed by atoms with Gasteiger partial charge in [-0.25, -0.2) is 0 Å².